The lowest BCUT2D eigenvalue weighted by Crippen LogP contribution is -3.14. The third-order valence-corrected chi connectivity index (χ3v) is 7.94. The highest BCUT2D eigenvalue weighted by atomic mass is 35.5. The summed E-state index contributed by atoms with van der Waals surface area (Å²) in [4.78, 5) is 1.52. The molecule has 1 atom stereocenters. The SMILES string of the molecule is O=P(/C=C(\Cl)c1ccccc1)(/C=C(/Cl)c1ccccc1)NCCC[NH+]1CCOCC1. The van der Waals surface area contributed by atoms with Crippen molar-refractivity contribution in [3.63, 3.8) is 0 Å². The molecule has 1 aliphatic rings. The molecule has 0 aromatic heterocycles. The molecule has 2 aromatic carbocycles. The number of morpholine rings is 1. The fourth-order valence-corrected chi connectivity index (χ4v) is 6.17. The van der Waals surface area contributed by atoms with Crippen molar-refractivity contribution in [2.24, 2.45) is 0 Å². The van der Waals surface area contributed by atoms with Crippen molar-refractivity contribution in [1.29, 1.82) is 0 Å². The minimum absolute atomic E-state index is 0.444. The fraction of sp³-hybridized carbons (Fsp3) is 0.304. The average Bonchev–Trinajstić information content (AvgIpc) is 2.78. The molecule has 0 spiro atoms. The van der Waals surface area contributed by atoms with Gasteiger partial charge in [0.25, 0.3) is 0 Å². The first kappa shape index (κ1) is 23.3. The molecule has 0 radical (unpaired) electrons. The van der Waals surface area contributed by atoms with E-state index in [0.29, 0.717) is 16.6 Å². The Morgan fingerprint density at radius 2 is 1.43 bits per heavy atom. The van der Waals surface area contributed by atoms with E-state index in [1.54, 1.807) is 11.6 Å². The number of halogens is 2. The summed E-state index contributed by atoms with van der Waals surface area (Å²) >= 11 is 13.0. The van der Waals surface area contributed by atoms with Crippen LogP contribution in [0.5, 0.6) is 0 Å². The molecular formula is C23H28Cl2N2O2P+. The second-order valence-electron chi connectivity index (χ2n) is 7.27. The van der Waals surface area contributed by atoms with E-state index in [0.717, 1.165) is 50.4 Å². The molecule has 1 unspecified atom stereocenters. The van der Waals surface area contributed by atoms with Gasteiger partial charge >= 0.3 is 0 Å². The summed E-state index contributed by atoms with van der Waals surface area (Å²) in [7, 11) is -3.10. The van der Waals surface area contributed by atoms with Crippen LogP contribution in [0.2, 0.25) is 0 Å². The Balaban J connectivity index is 1.74. The number of quaternary nitrogens is 1. The molecule has 2 N–H and O–H groups in total. The van der Waals surface area contributed by atoms with E-state index in [-0.39, 0.29) is 0 Å². The van der Waals surface area contributed by atoms with Crippen LogP contribution in [0.1, 0.15) is 17.5 Å². The fourth-order valence-electron chi connectivity index (χ4n) is 3.31. The summed E-state index contributed by atoms with van der Waals surface area (Å²) in [6.07, 6.45) is 0.910. The second-order valence-corrected chi connectivity index (χ2v) is 10.3. The third kappa shape index (κ3) is 7.39. The molecule has 160 valence electrons. The molecule has 1 aliphatic heterocycles. The number of hydrogen-bond donors (Lipinski definition) is 2. The largest absolute Gasteiger partial charge is 0.370 e. The van der Waals surface area contributed by atoms with E-state index in [1.165, 1.54) is 4.90 Å². The number of ether oxygens (including phenoxy) is 1. The van der Waals surface area contributed by atoms with Crippen LogP contribution in [0.25, 0.3) is 10.1 Å². The van der Waals surface area contributed by atoms with Crippen molar-refractivity contribution in [2.45, 2.75) is 6.42 Å². The minimum atomic E-state index is -3.10. The lowest BCUT2D eigenvalue weighted by atomic mass is 10.2. The molecule has 30 heavy (non-hydrogen) atoms. The molecule has 2 aromatic rings. The molecule has 7 heteroatoms. The Morgan fingerprint density at radius 3 is 1.93 bits per heavy atom. The van der Waals surface area contributed by atoms with Crippen LogP contribution in [0, 0.1) is 0 Å². The predicted octanol–water partition coefficient (Wildman–Crippen LogP) is 4.63. The highest BCUT2D eigenvalue weighted by molar-refractivity contribution is 7.68. The van der Waals surface area contributed by atoms with Crippen molar-refractivity contribution in [1.82, 2.24) is 5.09 Å². The van der Waals surface area contributed by atoms with Crippen molar-refractivity contribution >= 4 is 40.6 Å². The second kappa shape index (κ2) is 11.9. The summed E-state index contributed by atoms with van der Waals surface area (Å²) in [5.41, 5.74) is 1.64. The van der Waals surface area contributed by atoms with Gasteiger partial charge < -0.3 is 9.64 Å². The quantitative estimate of drug-likeness (QED) is 0.418. The van der Waals surface area contributed by atoms with Crippen LogP contribution in [-0.2, 0) is 9.30 Å². The van der Waals surface area contributed by atoms with Gasteiger partial charge in [-0.25, -0.2) is 0 Å². The smallest absolute Gasteiger partial charge is 0.193 e. The Kier molecular flexibility index (Phi) is 9.20. The van der Waals surface area contributed by atoms with E-state index in [2.05, 4.69) is 5.09 Å². The Morgan fingerprint density at radius 1 is 0.933 bits per heavy atom. The maximum absolute atomic E-state index is 13.8. The summed E-state index contributed by atoms with van der Waals surface area (Å²) in [6, 6.07) is 19.0. The van der Waals surface area contributed by atoms with Gasteiger partial charge in [-0.05, 0) is 11.1 Å². The zero-order valence-electron chi connectivity index (χ0n) is 16.9. The van der Waals surface area contributed by atoms with Gasteiger partial charge in [0, 0.05) is 24.6 Å². The number of rotatable bonds is 9. The lowest BCUT2D eigenvalue weighted by molar-refractivity contribution is -0.908. The molecule has 4 nitrogen and oxygen atoms in total. The van der Waals surface area contributed by atoms with Crippen LogP contribution in [0.15, 0.2) is 72.3 Å². The zero-order valence-corrected chi connectivity index (χ0v) is 19.3. The van der Waals surface area contributed by atoms with Gasteiger partial charge in [-0.15, -0.1) is 0 Å². The van der Waals surface area contributed by atoms with E-state index in [9.17, 15) is 4.57 Å². The monoisotopic (exact) mass is 465 g/mol. The Labute approximate surface area is 188 Å². The van der Waals surface area contributed by atoms with Crippen molar-refractivity contribution in [2.75, 3.05) is 39.4 Å². The molecule has 0 amide bonds. The maximum atomic E-state index is 13.8. The first-order valence-corrected chi connectivity index (χ1v) is 12.8. The highest BCUT2D eigenvalue weighted by Crippen LogP contribution is 2.50. The summed E-state index contributed by atoms with van der Waals surface area (Å²) in [6.45, 7) is 5.31. The van der Waals surface area contributed by atoms with Crippen LogP contribution < -0.4 is 9.99 Å². The van der Waals surface area contributed by atoms with Gasteiger partial charge in [0.1, 0.15) is 13.1 Å². The van der Waals surface area contributed by atoms with Crippen LogP contribution >= 0.6 is 30.5 Å². The topological polar surface area (TPSA) is 42.8 Å². The van der Waals surface area contributed by atoms with E-state index in [1.807, 2.05) is 60.7 Å². The molecule has 1 heterocycles. The van der Waals surface area contributed by atoms with E-state index >= 15 is 0 Å². The zero-order chi connectivity index (χ0) is 21.2. The molecule has 3 rings (SSSR count). The summed E-state index contributed by atoms with van der Waals surface area (Å²) in [5, 5.41) is 4.11. The van der Waals surface area contributed by atoms with Gasteiger partial charge in [-0.3, -0.25) is 9.65 Å². The molecular weight excluding hydrogens is 438 g/mol. The first-order valence-electron chi connectivity index (χ1n) is 10.2. The lowest BCUT2D eigenvalue weighted by Gasteiger charge is -2.24. The standard InChI is InChI=1S/C23H27Cl2N2O2P/c24-22(20-8-3-1-4-9-20)18-30(28,19-23(25)21-10-5-2-6-11-21)26-12-7-13-27-14-16-29-17-15-27/h1-6,8-11,18-19H,7,12-17H2,(H,26,28)/p+1/b22-18-,23-19+. The van der Waals surface area contributed by atoms with E-state index < -0.39 is 7.29 Å². The Bertz CT molecular complexity index is 838. The molecule has 1 saturated heterocycles. The van der Waals surface area contributed by atoms with Crippen LogP contribution in [-0.4, -0.2) is 39.4 Å². The van der Waals surface area contributed by atoms with Crippen molar-refractivity contribution < 1.29 is 14.2 Å². The van der Waals surface area contributed by atoms with E-state index in [4.69, 9.17) is 27.9 Å². The predicted molar refractivity (Wildman–Crippen MR) is 127 cm³/mol. The van der Waals surface area contributed by atoms with Crippen LogP contribution in [0.3, 0.4) is 0 Å². The number of benzene rings is 2. The van der Waals surface area contributed by atoms with Crippen LogP contribution in [0.4, 0.5) is 0 Å². The van der Waals surface area contributed by atoms with Gasteiger partial charge in [0.15, 0.2) is 7.29 Å². The summed E-state index contributed by atoms with van der Waals surface area (Å²) in [5.74, 6) is 3.22. The third-order valence-electron chi connectivity index (χ3n) is 4.98. The number of nitrogens with one attached hydrogen (secondary N) is 2. The molecule has 0 bridgehead atoms. The van der Waals surface area contributed by atoms with Crippen molar-refractivity contribution in [3.8, 4) is 0 Å². The van der Waals surface area contributed by atoms with Crippen molar-refractivity contribution in [3.05, 3.63) is 83.4 Å². The van der Waals surface area contributed by atoms with Gasteiger partial charge in [-0.2, -0.15) is 0 Å². The minimum Gasteiger partial charge on any atom is -0.370 e. The maximum Gasteiger partial charge on any atom is 0.193 e. The average molecular weight is 466 g/mol. The molecule has 1 fully saturated rings. The number of hydrogen-bond acceptors (Lipinski definition) is 2. The van der Waals surface area contributed by atoms with Gasteiger partial charge in [0.2, 0.25) is 0 Å². The molecule has 0 saturated carbocycles. The first-order chi connectivity index (χ1) is 14.6. The van der Waals surface area contributed by atoms with Gasteiger partial charge in [-0.1, -0.05) is 83.9 Å². The summed E-state index contributed by atoms with van der Waals surface area (Å²) < 4.78 is 19.2. The molecule has 0 aliphatic carbocycles. The Hall–Kier alpha value is -1.39. The normalized spacial score (nSPS) is 18.2. The highest BCUT2D eigenvalue weighted by Gasteiger charge is 2.20. The van der Waals surface area contributed by atoms with Gasteiger partial charge in [0.05, 0.1) is 29.8 Å².